The van der Waals surface area contributed by atoms with Crippen LogP contribution in [0.4, 0.5) is 0 Å². The predicted molar refractivity (Wildman–Crippen MR) is 108 cm³/mol. The molecule has 3 rings (SSSR count). The van der Waals surface area contributed by atoms with E-state index in [2.05, 4.69) is 5.32 Å². The Morgan fingerprint density at radius 3 is 2.61 bits per heavy atom. The molecule has 7 heteroatoms. The molecular formula is C21H20N2O4S. The highest BCUT2D eigenvalue weighted by Gasteiger charge is 2.11. The minimum Gasteiger partial charge on any atom is -0.426 e. The van der Waals surface area contributed by atoms with Crippen LogP contribution in [0.1, 0.15) is 28.0 Å². The van der Waals surface area contributed by atoms with E-state index in [4.69, 9.17) is 4.74 Å². The number of carbonyl (C=O) groups excluding carboxylic acids is 2. The fraction of sp³-hybridized carbons (Fsp3) is 0.190. The van der Waals surface area contributed by atoms with Crippen molar-refractivity contribution < 1.29 is 14.3 Å². The van der Waals surface area contributed by atoms with Crippen LogP contribution >= 0.6 is 11.3 Å². The molecule has 0 atom stereocenters. The summed E-state index contributed by atoms with van der Waals surface area (Å²) in [5.74, 6) is -0.409. The monoisotopic (exact) mass is 396 g/mol. The molecule has 28 heavy (non-hydrogen) atoms. The number of ether oxygens (including phenoxy) is 1. The van der Waals surface area contributed by atoms with Crippen molar-refractivity contribution in [3.05, 3.63) is 86.5 Å². The Hall–Kier alpha value is -3.19. The number of nitrogens with one attached hydrogen (secondary N) is 1. The third-order valence-electron chi connectivity index (χ3n) is 4.14. The van der Waals surface area contributed by atoms with Gasteiger partial charge in [0, 0.05) is 29.7 Å². The van der Waals surface area contributed by atoms with Gasteiger partial charge in [0.1, 0.15) is 5.75 Å². The van der Waals surface area contributed by atoms with Gasteiger partial charge in [-0.05, 0) is 30.7 Å². The fourth-order valence-corrected chi connectivity index (χ4v) is 3.40. The molecule has 0 unspecified atom stereocenters. The lowest BCUT2D eigenvalue weighted by Gasteiger charge is -2.08. The Bertz CT molecular complexity index is 1020. The van der Waals surface area contributed by atoms with Crippen LogP contribution in [-0.2, 0) is 17.9 Å². The summed E-state index contributed by atoms with van der Waals surface area (Å²) < 4.78 is 6.86. The van der Waals surface area contributed by atoms with E-state index in [1.807, 2.05) is 37.3 Å². The summed E-state index contributed by atoms with van der Waals surface area (Å²) >= 11 is 1.11. The van der Waals surface area contributed by atoms with E-state index in [1.54, 1.807) is 28.1 Å². The lowest BCUT2D eigenvalue weighted by Crippen LogP contribution is -2.23. The molecule has 0 saturated carbocycles. The first-order valence-corrected chi connectivity index (χ1v) is 9.68. The van der Waals surface area contributed by atoms with Crippen LogP contribution in [0.15, 0.2) is 64.8 Å². The molecule has 3 aromatic rings. The van der Waals surface area contributed by atoms with Gasteiger partial charge in [0.2, 0.25) is 0 Å². The van der Waals surface area contributed by atoms with Gasteiger partial charge in [-0.25, -0.2) is 0 Å². The van der Waals surface area contributed by atoms with Crippen LogP contribution in [0.3, 0.4) is 0 Å². The number of aromatic nitrogens is 1. The van der Waals surface area contributed by atoms with Crippen molar-refractivity contribution in [2.75, 3.05) is 0 Å². The minimum absolute atomic E-state index is 0.0713. The van der Waals surface area contributed by atoms with Gasteiger partial charge in [0.25, 0.3) is 5.91 Å². The summed E-state index contributed by atoms with van der Waals surface area (Å²) in [6.45, 7) is 2.50. The average Bonchev–Trinajstić information content (AvgIpc) is 3.03. The standard InChI is InChI=1S/C21H20N2O4S/c1-15-14-28-21(26)23(15)11-10-19(24)27-18-9-5-8-17(12-18)20(25)22-13-16-6-3-2-4-7-16/h2-9,12,14H,10-11,13H2,1H3,(H,22,25). The molecule has 2 aromatic carbocycles. The van der Waals surface area contributed by atoms with Gasteiger partial charge in [-0.3, -0.25) is 14.4 Å². The summed E-state index contributed by atoms with van der Waals surface area (Å²) in [6.07, 6.45) is 0.0713. The molecule has 1 N–H and O–H groups in total. The van der Waals surface area contributed by atoms with Gasteiger partial charge >= 0.3 is 10.8 Å². The van der Waals surface area contributed by atoms with Crippen LogP contribution in [0, 0.1) is 6.92 Å². The first kappa shape index (κ1) is 19.6. The Labute approximate surface area is 166 Å². The maximum Gasteiger partial charge on any atom is 0.312 e. The SMILES string of the molecule is Cc1csc(=O)n1CCC(=O)Oc1cccc(C(=O)NCc2ccccc2)c1. The van der Waals surface area contributed by atoms with Crippen molar-refractivity contribution in [2.24, 2.45) is 0 Å². The molecule has 0 aliphatic carbocycles. The molecule has 0 bridgehead atoms. The van der Waals surface area contributed by atoms with Gasteiger partial charge in [-0.1, -0.05) is 47.7 Å². The van der Waals surface area contributed by atoms with Crippen LogP contribution in [0.5, 0.6) is 5.75 Å². The maximum atomic E-state index is 12.3. The van der Waals surface area contributed by atoms with Crippen molar-refractivity contribution in [1.82, 2.24) is 9.88 Å². The van der Waals surface area contributed by atoms with E-state index in [0.717, 1.165) is 22.6 Å². The van der Waals surface area contributed by atoms with Gasteiger partial charge in [0.05, 0.1) is 6.42 Å². The lowest BCUT2D eigenvalue weighted by atomic mass is 10.2. The minimum atomic E-state index is -0.459. The zero-order valence-electron chi connectivity index (χ0n) is 15.4. The van der Waals surface area contributed by atoms with E-state index in [1.165, 1.54) is 6.07 Å². The van der Waals surface area contributed by atoms with Gasteiger partial charge in [0.15, 0.2) is 0 Å². The van der Waals surface area contributed by atoms with Crippen molar-refractivity contribution in [2.45, 2.75) is 26.4 Å². The van der Waals surface area contributed by atoms with Gasteiger partial charge in [-0.15, -0.1) is 0 Å². The topological polar surface area (TPSA) is 77.4 Å². The van der Waals surface area contributed by atoms with Gasteiger partial charge < -0.3 is 14.6 Å². The number of aryl methyl sites for hydroxylation is 1. The second kappa shape index (κ2) is 9.14. The predicted octanol–water partition coefficient (Wildman–Crippen LogP) is 3.14. The van der Waals surface area contributed by atoms with E-state index in [0.29, 0.717) is 17.9 Å². The molecule has 0 fully saturated rings. The number of nitrogens with zero attached hydrogens (tertiary/aromatic N) is 1. The highest BCUT2D eigenvalue weighted by Crippen LogP contribution is 2.14. The molecule has 0 spiro atoms. The first-order chi connectivity index (χ1) is 13.5. The van der Waals surface area contributed by atoms with E-state index in [-0.39, 0.29) is 23.7 Å². The first-order valence-electron chi connectivity index (χ1n) is 8.81. The van der Waals surface area contributed by atoms with Crippen LogP contribution in [-0.4, -0.2) is 16.4 Å². The van der Waals surface area contributed by atoms with Crippen molar-refractivity contribution in [3.63, 3.8) is 0 Å². The summed E-state index contributed by atoms with van der Waals surface area (Å²) in [4.78, 5) is 36.0. The van der Waals surface area contributed by atoms with Crippen LogP contribution in [0.25, 0.3) is 0 Å². The summed E-state index contributed by atoms with van der Waals surface area (Å²) in [5, 5.41) is 4.59. The Balaban J connectivity index is 1.55. The second-order valence-corrected chi connectivity index (χ2v) is 7.04. The highest BCUT2D eigenvalue weighted by molar-refractivity contribution is 7.07. The molecule has 0 saturated heterocycles. The lowest BCUT2D eigenvalue weighted by molar-refractivity contribution is -0.134. The molecule has 144 valence electrons. The quantitative estimate of drug-likeness (QED) is 0.492. The molecule has 6 nitrogen and oxygen atoms in total. The molecule has 1 amide bonds. The zero-order chi connectivity index (χ0) is 19.9. The normalized spacial score (nSPS) is 10.5. The third-order valence-corrected chi connectivity index (χ3v) is 5.02. The number of rotatable bonds is 7. The van der Waals surface area contributed by atoms with Crippen LogP contribution in [0.2, 0.25) is 0 Å². The number of hydrogen-bond acceptors (Lipinski definition) is 5. The van der Waals surface area contributed by atoms with Gasteiger partial charge in [-0.2, -0.15) is 0 Å². The average molecular weight is 396 g/mol. The Morgan fingerprint density at radius 2 is 1.89 bits per heavy atom. The molecule has 0 radical (unpaired) electrons. The number of hydrogen-bond donors (Lipinski definition) is 1. The van der Waals surface area contributed by atoms with E-state index in [9.17, 15) is 14.4 Å². The largest absolute Gasteiger partial charge is 0.426 e. The van der Waals surface area contributed by atoms with Crippen molar-refractivity contribution >= 4 is 23.2 Å². The fourth-order valence-electron chi connectivity index (χ4n) is 2.64. The summed E-state index contributed by atoms with van der Waals surface area (Å²) in [7, 11) is 0. The molecular weight excluding hydrogens is 376 g/mol. The number of thiazole rings is 1. The highest BCUT2D eigenvalue weighted by atomic mass is 32.1. The van der Waals surface area contributed by atoms with E-state index >= 15 is 0 Å². The number of carbonyl (C=O) groups is 2. The van der Waals surface area contributed by atoms with E-state index < -0.39 is 5.97 Å². The summed E-state index contributed by atoms with van der Waals surface area (Å²) in [6, 6.07) is 16.1. The third kappa shape index (κ3) is 5.17. The second-order valence-electron chi connectivity index (χ2n) is 6.21. The maximum absolute atomic E-state index is 12.3. The Morgan fingerprint density at radius 1 is 1.11 bits per heavy atom. The molecule has 0 aliphatic rings. The molecule has 1 aromatic heterocycles. The number of benzene rings is 2. The van der Waals surface area contributed by atoms with Crippen molar-refractivity contribution in [3.8, 4) is 5.75 Å². The smallest absolute Gasteiger partial charge is 0.312 e. The Kier molecular flexibility index (Phi) is 6.39. The number of esters is 1. The van der Waals surface area contributed by atoms with Crippen molar-refractivity contribution in [1.29, 1.82) is 0 Å². The molecule has 0 aliphatic heterocycles. The summed E-state index contributed by atoms with van der Waals surface area (Å²) in [5.41, 5.74) is 2.23. The number of amides is 1. The van der Waals surface area contributed by atoms with Crippen LogP contribution < -0.4 is 14.9 Å². The zero-order valence-corrected chi connectivity index (χ0v) is 16.2. The molecule has 1 heterocycles.